The number of hydrogen-bond donors (Lipinski definition) is 3. The largest absolute Gasteiger partial charge is 0.462 e. The Kier molecular flexibility index (Phi) is 50.6. The van der Waals surface area contributed by atoms with Gasteiger partial charge in [-0.1, -0.05) is 241 Å². The number of unbranched alkanes of at least 4 members (excludes halogenated alkanes) is 24. The summed E-state index contributed by atoms with van der Waals surface area (Å²) in [4.78, 5) is 26.2. The third-order valence-corrected chi connectivity index (χ3v) is 12.2. The molecule has 0 aromatic heterocycles. The van der Waals surface area contributed by atoms with Crippen LogP contribution in [0.15, 0.2) is 85.1 Å². The molecular formula is C60H105NO5. The first-order valence-electron chi connectivity index (χ1n) is 27.8. The minimum Gasteiger partial charge on any atom is -0.462 e. The predicted octanol–water partition coefficient (Wildman–Crippen LogP) is 17.1. The Hall–Kier alpha value is -2.96. The van der Waals surface area contributed by atoms with Crippen LogP contribution in [0.1, 0.15) is 258 Å². The van der Waals surface area contributed by atoms with E-state index in [2.05, 4.69) is 111 Å². The maximum Gasteiger partial charge on any atom is 0.306 e. The first kappa shape index (κ1) is 63.0. The van der Waals surface area contributed by atoms with E-state index < -0.39 is 18.2 Å². The fourth-order valence-corrected chi connectivity index (χ4v) is 8.04. The summed E-state index contributed by atoms with van der Waals surface area (Å²) in [5, 5.41) is 23.8. The molecule has 0 heterocycles. The minimum absolute atomic E-state index is 0.0304. The monoisotopic (exact) mass is 920 g/mol. The Bertz CT molecular complexity index is 1260. The second-order valence-electron chi connectivity index (χ2n) is 18.6. The number of carbonyl (C=O) groups is 2. The SMILES string of the molecule is CC/C=C\C/C=C\C/C=C\C/C=C\C/C=C\CCCC(CC(=O)NC(CO)C(O)CCCCCCCCCCCCCCCCC)OC(=O)CCCCCCCC/C=C/C=C/CCCCC. The summed E-state index contributed by atoms with van der Waals surface area (Å²) in [6, 6.07) is -0.727. The van der Waals surface area contributed by atoms with Crippen LogP contribution in [-0.4, -0.2) is 46.9 Å². The molecule has 0 aliphatic carbocycles. The van der Waals surface area contributed by atoms with Crippen LogP contribution >= 0.6 is 0 Å². The lowest BCUT2D eigenvalue weighted by atomic mass is 10.0. The highest BCUT2D eigenvalue weighted by Crippen LogP contribution is 2.17. The van der Waals surface area contributed by atoms with Crippen LogP contribution < -0.4 is 5.32 Å². The van der Waals surface area contributed by atoms with Crippen molar-refractivity contribution in [2.24, 2.45) is 0 Å². The van der Waals surface area contributed by atoms with Gasteiger partial charge in [-0.05, 0) is 89.9 Å². The van der Waals surface area contributed by atoms with Crippen molar-refractivity contribution >= 4 is 11.9 Å². The average Bonchev–Trinajstić information content (AvgIpc) is 3.31. The van der Waals surface area contributed by atoms with Gasteiger partial charge in [-0.15, -0.1) is 0 Å². The Labute approximate surface area is 408 Å². The first-order chi connectivity index (χ1) is 32.5. The number of carbonyl (C=O) groups excluding carboxylic acids is 2. The van der Waals surface area contributed by atoms with E-state index in [-0.39, 0.29) is 24.9 Å². The zero-order chi connectivity index (χ0) is 48.1. The molecule has 0 fully saturated rings. The molecule has 3 unspecified atom stereocenters. The van der Waals surface area contributed by atoms with Crippen LogP contribution in [0.25, 0.3) is 0 Å². The van der Waals surface area contributed by atoms with Crippen molar-refractivity contribution < 1.29 is 24.5 Å². The van der Waals surface area contributed by atoms with Crippen LogP contribution in [-0.2, 0) is 14.3 Å². The van der Waals surface area contributed by atoms with Crippen molar-refractivity contribution in [2.45, 2.75) is 277 Å². The Morgan fingerprint density at radius 2 is 0.879 bits per heavy atom. The molecule has 3 atom stereocenters. The maximum atomic E-state index is 13.2. The summed E-state index contributed by atoms with van der Waals surface area (Å²) < 4.78 is 5.92. The van der Waals surface area contributed by atoms with Gasteiger partial charge in [-0.2, -0.15) is 0 Å². The quantitative estimate of drug-likeness (QED) is 0.0245. The van der Waals surface area contributed by atoms with Crippen LogP contribution in [0.4, 0.5) is 0 Å². The highest BCUT2D eigenvalue weighted by molar-refractivity contribution is 5.77. The van der Waals surface area contributed by atoms with Gasteiger partial charge in [0, 0.05) is 6.42 Å². The zero-order valence-electron chi connectivity index (χ0n) is 43.3. The van der Waals surface area contributed by atoms with Crippen molar-refractivity contribution in [1.29, 1.82) is 0 Å². The van der Waals surface area contributed by atoms with Crippen molar-refractivity contribution in [1.82, 2.24) is 5.32 Å². The van der Waals surface area contributed by atoms with Gasteiger partial charge in [-0.3, -0.25) is 9.59 Å². The molecule has 0 aromatic carbocycles. The van der Waals surface area contributed by atoms with Gasteiger partial charge in [0.1, 0.15) is 6.10 Å². The predicted molar refractivity (Wildman–Crippen MR) is 287 cm³/mol. The Morgan fingerprint density at radius 3 is 1.38 bits per heavy atom. The number of allylic oxidation sites excluding steroid dienone is 14. The summed E-state index contributed by atoms with van der Waals surface area (Å²) in [5.41, 5.74) is 0. The van der Waals surface area contributed by atoms with Crippen molar-refractivity contribution in [2.75, 3.05) is 6.61 Å². The number of aliphatic hydroxyl groups excluding tert-OH is 2. The number of rotatable bonds is 49. The molecular weight excluding hydrogens is 815 g/mol. The lowest BCUT2D eigenvalue weighted by Gasteiger charge is -2.24. The molecule has 0 aliphatic rings. The lowest BCUT2D eigenvalue weighted by Crippen LogP contribution is -2.46. The number of aliphatic hydroxyl groups is 2. The number of amides is 1. The zero-order valence-corrected chi connectivity index (χ0v) is 43.3. The fourth-order valence-electron chi connectivity index (χ4n) is 8.04. The first-order valence-corrected chi connectivity index (χ1v) is 27.8. The molecule has 6 heteroatoms. The topological polar surface area (TPSA) is 95.9 Å². The molecule has 3 N–H and O–H groups in total. The molecule has 0 radical (unpaired) electrons. The molecule has 0 bridgehead atoms. The number of hydrogen-bond acceptors (Lipinski definition) is 5. The van der Waals surface area contributed by atoms with Crippen LogP contribution in [0.2, 0.25) is 0 Å². The molecule has 0 saturated carbocycles. The van der Waals surface area contributed by atoms with E-state index in [1.165, 1.54) is 122 Å². The van der Waals surface area contributed by atoms with E-state index in [1.54, 1.807) is 0 Å². The van der Waals surface area contributed by atoms with E-state index in [0.29, 0.717) is 19.3 Å². The molecule has 0 aromatic rings. The molecule has 380 valence electrons. The van der Waals surface area contributed by atoms with Gasteiger partial charge >= 0.3 is 5.97 Å². The van der Waals surface area contributed by atoms with Gasteiger partial charge in [0.25, 0.3) is 0 Å². The van der Waals surface area contributed by atoms with E-state index in [1.807, 2.05) is 0 Å². The highest BCUT2D eigenvalue weighted by atomic mass is 16.5. The number of esters is 1. The molecule has 0 saturated heterocycles. The molecule has 6 nitrogen and oxygen atoms in total. The second-order valence-corrected chi connectivity index (χ2v) is 18.6. The Morgan fingerprint density at radius 1 is 0.470 bits per heavy atom. The maximum absolute atomic E-state index is 13.2. The molecule has 0 rings (SSSR count). The summed E-state index contributed by atoms with van der Waals surface area (Å²) in [5.74, 6) is -0.544. The third kappa shape index (κ3) is 47.5. The van der Waals surface area contributed by atoms with Gasteiger partial charge in [0.2, 0.25) is 5.91 Å². The fraction of sp³-hybridized carbons (Fsp3) is 0.733. The smallest absolute Gasteiger partial charge is 0.306 e. The van der Waals surface area contributed by atoms with Gasteiger partial charge in [-0.25, -0.2) is 0 Å². The summed E-state index contributed by atoms with van der Waals surface area (Å²) in [6.07, 6.45) is 69.3. The van der Waals surface area contributed by atoms with E-state index in [4.69, 9.17) is 4.74 Å². The summed E-state index contributed by atoms with van der Waals surface area (Å²) in [6.45, 7) is 6.33. The average molecular weight is 921 g/mol. The third-order valence-electron chi connectivity index (χ3n) is 12.2. The number of ether oxygens (including phenoxy) is 1. The van der Waals surface area contributed by atoms with Gasteiger partial charge in [0.15, 0.2) is 0 Å². The molecule has 66 heavy (non-hydrogen) atoms. The van der Waals surface area contributed by atoms with Crippen molar-refractivity contribution in [3.8, 4) is 0 Å². The van der Waals surface area contributed by atoms with Gasteiger partial charge < -0.3 is 20.3 Å². The van der Waals surface area contributed by atoms with Crippen LogP contribution in [0.3, 0.4) is 0 Å². The number of nitrogens with one attached hydrogen (secondary N) is 1. The lowest BCUT2D eigenvalue weighted by molar-refractivity contribution is -0.151. The Balaban J connectivity index is 4.70. The summed E-state index contributed by atoms with van der Waals surface area (Å²) in [7, 11) is 0. The van der Waals surface area contributed by atoms with E-state index in [0.717, 1.165) is 89.9 Å². The molecule has 1 amide bonds. The molecule has 0 aliphatic heterocycles. The van der Waals surface area contributed by atoms with Crippen molar-refractivity contribution in [3.05, 3.63) is 85.1 Å². The van der Waals surface area contributed by atoms with Crippen LogP contribution in [0, 0.1) is 0 Å². The second kappa shape index (κ2) is 53.0. The molecule has 0 spiro atoms. The highest BCUT2D eigenvalue weighted by Gasteiger charge is 2.24. The van der Waals surface area contributed by atoms with E-state index in [9.17, 15) is 19.8 Å². The van der Waals surface area contributed by atoms with E-state index >= 15 is 0 Å². The standard InChI is InChI=1S/C60H105NO5/c1-4-7-10-13-16-19-22-25-28-29-32-33-36-39-42-45-48-51-56(66-60(65)53-50-47-44-41-38-35-31-27-24-21-18-15-12-9-6-3)54-59(64)61-57(55-62)58(63)52-49-46-43-40-37-34-30-26-23-20-17-14-11-8-5-2/h7,10,16,18-19,21,24-25,27-28,32-33,39,42,56-58,62-63H,4-6,8-9,11-15,17,20,22-23,26,29-31,34-38,40-41,43-55H2,1-3H3,(H,61,64)/b10-7-,19-16-,21-18+,27-24+,28-25-,33-32-,42-39-. The van der Waals surface area contributed by atoms with Gasteiger partial charge in [0.05, 0.1) is 25.2 Å². The summed E-state index contributed by atoms with van der Waals surface area (Å²) >= 11 is 0. The normalized spacial score (nSPS) is 13.8. The minimum atomic E-state index is -0.809. The van der Waals surface area contributed by atoms with Crippen LogP contribution in [0.5, 0.6) is 0 Å². The van der Waals surface area contributed by atoms with Crippen molar-refractivity contribution in [3.63, 3.8) is 0 Å².